The number of rotatable bonds is 5. The minimum absolute atomic E-state index is 0.0429. The lowest BCUT2D eigenvalue weighted by atomic mass is 10.4. The molecule has 0 spiro atoms. The third-order valence-corrected chi connectivity index (χ3v) is 3.27. The van der Waals surface area contributed by atoms with Crippen molar-refractivity contribution in [1.29, 1.82) is 0 Å². The van der Waals surface area contributed by atoms with Crippen LogP contribution in [0.2, 0.25) is 0 Å². The van der Waals surface area contributed by atoms with Gasteiger partial charge in [0.1, 0.15) is 5.69 Å². The molecule has 2 aromatic rings. The Bertz CT molecular complexity index is 549. The standard InChI is InChI=1S/C10H13N5O2S/c1-3-14-10(9(15(16)17)7(2)13-14)12-5-8-4-11-6-18-8/h4,6,12H,3,5H2,1-2H3. The van der Waals surface area contributed by atoms with Gasteiger partial charge in [0, 0.05) is 17.6 Å². The van der Waals surface area contributed by atoms with Crippen molar-refractivity contribution in [2.45, 2.75) is 26.9 Å². The first-order valence-electron chi connectivity index (χ1n) is 5.46. The van der Waals surface area contributed by atoms with Crippen molar-refractivity contribution in [3.05, 3.63) is 32.4 Å². The second-order valence-corrected chi connectivity index (χ2v) is 4.65. The van der Waals surface area contributed by atoms with Crippen LogP contribution in [-0.2, 0) is 13.1 Å². The zero-order valence-corrected chi connectivity index (χ0v) is 10.9. The molecule has 96 valence electrons. The van der Waals surface area contributed by atoms with E-state index < -0.39 is 4.92 Å². The van der Waals surface area contributed by atoms with Gasteiger partial charge in [-0.1, -0.05) is 0 Å². The van der Waals surface area contributed by atoms with Crippen LogP contribution in [-0.4, -0.2) is 19.7 Å². The molecule has 18 heavy (non-hydrogen) atoms. The third-order valence-electron chi connectivity index (χ3n) is 2.49. The van der Waals surface area contributed by atoms with Crippen molar-refractivity contribution in [3.63, 3.8) is 0 Å². The lowest BCUT2D eigenvalue weighted by molar-refractivity contribution is -0.384. The van der Waals surface area contributed by atoms with E-state index in [0.717, 1.165) is 4.88 Å². The average Bonchev–Trinajstić information content (AvgIpc) is 2.92. The van der Waals surface area contributed by atoms with Crippen LogP contribution in [0.1, 0.15) is 17.5 Å². The molecule has 2 heterocycles. The number of nitro groups is 1. The zero-order chi connectivity index (χ0) is 13.1. The minimum Gasteiger partial charge on any atom is -0.360 e. The molecule has 0 fully saturated rings. The Balaban J connectivity index is 2.27. The quantitative estimate of drug-likeness (QED) is 0.663. The number of nitrogens with zero attached hydrogens (tertiary/aromatic N) is 4. The summed E-state index contributed by atoms with van der Waals surface area (Å²) in [5.41, 5.74) is 2.20. The molecule has 0 bridgehead atoms. The largest absolute Gasteiger partial charge is 0.360 e. The number of nitrogens with one attached hydrogen (secondary N) is 1. The first-order valence-corrected chi connectivity index (χ1v) is 6.34. The first kappa shape index (κ1) is 12.5. The Hall–Kier alpha value is -1.96. The van der Waals surface area contributed by atoms with Crippen LogP contribution in [0.25, 0.3) is 0 Å². The summed E-state index contributed by atoms with van der Waals surface area (Å²) in [5.74, 6) is 0.452. The Morgan fingerprint density at radius 3 is 2.94 bits per heavy atom. The summed E-state index contributed by atoms with van der Waals surface area (Å²) in [7, 11) is 0. The van der Waals surface area contributed by atoms with E-state index in [-0.39, 0.29) is 5.69 Å². The highest BCUT2D eigenvalue weighted by Crippen LogP contribution is 2.28. The Kier molecular flexibility index (Phi) is 3.56. The van der Waals surface area contributed by atoms with Gasteiger partial charge in [0.25, 0.3) is 0 Å². The third kappa shape index (κ3) is 2.33. The van der Waals surface area contributed by atoms with E-state index in [1.54, 1.807) is 23.3 Å². The molecule has 1 N–H and O–H groups in total. The summed E-state index contributed by atoms with van der Waals surface area (Å²) >= 11 is 1.50. The normalized spacial score (nSPS) is 10.6. The number of aryl methyl sites for hydroxylation is 2. The van der Waals surface area contributed by atoms with Crippen LogP contribution in [0.5, 0.6) is 0 Å². The monoisotopic (exact) mass is 267 g/mol. The van der Waals surface area contributed by atoms with Crippen LogP contribution in [0, 0.1) is 17.0 Å². The highest BCUT2D eigenvalue weighted by molar-refractivity contribution is 7.09. The second kappa shape index (κ2) is 5.13. The van der Waals surface area contributed by atoms with Crippen molar-refractivity contribution >= 4 is 22.8 Å². The van der Waals surface area contributed by atoms with Crippen molar-refractivity contribution in [1.82, 2.24) is 14.8 Å². The van der Waals surface area contributed by atoms with Gasteiger partial charge in [-0.05, 0) is 13.8 Å². The molecule has 2 rings (SSSR count). The summed E-state index contributed by atoms with van der Waals surface area (Å²) in [5, 5.41) is 18.3. The van der Waals surface area contributed by atoms with E-state index in [1.807, 2.05) is 6.92 Å². The van der Waals surface area contributed by atoms with E-state index in [4.69, 9.17) is 0 Å². The van der Waals surface area contributed by atoms with Gasteiger partial charge in [0.15, 0.2) is 0 Å². The van der Waals surface area contributed by atoms with Gasteiger partial charge >= 0.3 is 5.69 Å². The molecule has 2 aromatic heterocycles. The maximum atomic E-state index is 11.0. The Morgan fingerprint density at radius 2 is 2.39 bits per heavy atom. The number of thiazole rings is 1. The van der Waals surface area contributed by atoms with Crippen molar-refractivity contribution in [3.8, 4) is 0 Å². The van der Waals surface area contributed by atoms with E-state index in [0.29, 0.717) is 24.6 Å². The van der Waals surface area contributed by atoms with E-state index in [1.165, 1.54) is 11.3 Å². The number of aromatic nitrogens is 3. The summed E-state index contributed by atoms with van der Waals surface area (Å²) in [6.45, 7) is 4.63. The molecular formula is C10H13N5O2S. The smallest absolute Gasteiger partial charge is 0.333 e. The maximum absolute atomic E-state index is 11.0. The highest BCUT2D eigenvalue weighted by atomic mass is 32.1. The summed E-state index contributed by atoms with van der Waals surface area (Å²) < 4.78 is 1.61. The van der Waals surface area contributed by atoms with Crippen LogP contribution < -0.4 is 5.32 Å². The van der Waals surface area contributed by atoms with Gasteiger partial charge in [-0.2, -0.15) is 5.10 Å². The average molecular weight is 267 g/mol. The first-order chi connectivity index (χ1) is 8.63. The number of hydrogen-bond acceptors (Lipinski definition) is 6. The second-order valence-electron chi connectivity index (χ2n) is 3.68. The van der Waals surface area contributed by atoms with E-state index >= 15 is 0 Å². The van der Waals surface area contributed by atoms with Gasteiger partial charge in [-0.3, -0.25) is 15.1 Å². The summed E-state index contributed by atoms with van der Waals surface area (Å²) in [4.78, 5) is 15.6. The van der Waals surface area contributed by atoms with Gasteiger partial charge in [-0.25, -0.2) is 4.68 Å². The summed E-state index contributed by atoms with van der Waals surface area (Å²) in [6, 6.07) is 0. The fourth-order valence-electron chi connectivity index (χ4n) is 1.69. The van der Waals surface area contributed by atoms with Crippen molar-refractivity contribution < 1.29 is 4.92 Å². The molecule has 7 nitrogen and oxygen atoms in total. The molecule has 0 unspecified atom stereocenters. The van der Waals surface area contributed by atoms with Gasteiger partial charge < -0.3 is 5.32 Å². The zero-order valence-electron chi connectivity index (χ0n) is 10.1. The highest BCUT2D eigenvalue weighted by Gasteiger charge is 2.24. The lowest BCUT2D eigenvalue weighted by Crippen LogP contribution is -2.07. The molecule has 0 atom stereocenters. The molecule has 0 aliphatic rings. The Labute approximate surface area is 108 Å². The lowest BCUT2D eigenvalue weighted by Gasteiger charge is -2.05. The van der Waals surface area contributed by atoms with Gasteiger partial charge in [0.05, 0.1) is 17.0 Å². The fraction of sp³-hybridized carbons (Fsp3) is 0.400. The van der Waals surface area contributed by atoms with E-state index in [2.05, 4.69) is 15.4 Å². The molecule has 0 radical (unpaired) electrons. The molecule has 0 aliphatic carbocycles. The molecule has 0 saturated heterocycles. The van der Waals surface area contributed by atoms with Crippen molar-refractivity contribution in [2.75, 3.05) is 5.32 Å². The van der Waals surface area contributed by atoms with Crippen LogP contribution in [0.4, 0.5) is 11.5 Å². The predicted molar refractivity (Wildman–Crippen MR) is 68.7 cm³/mol. The number of hydrogen-bond donors (Lipinski definition) is 1. The molecule has 0 saturated carbocycles. The molecule has 0 amide bonds. The van der Waals surface area contributed by atoms with Crippen LogP contribution in [0.3, 0.4) is 0 Å². The topological polar surface area (TPSA) is 85.9 Å². The van der Waals surface area contributed by atoms with Crippen LogP contribution in [0.15, 0.2) is 11.7 Å². The predicted octanol–water partition coefficient (Wildman–Crippen LogP) is 2.19. The molecule has 8 heteroatoms. The van der Waals surface area contributed by atoms with Crippen LogP contribution >= 0.6 is 11.3 Å². The Morgan fingerprint density at radius 1 is 1.61 bits per heavy atom. The number of anilines is 1. The fourth-order valence-corrected chi connectivity index (χ4v) is 2.23. The maximum Gasteiger partial charge on any atom is 0.333 e. The molecule has 0 aliphatic heterocycles. The van der Waals surface area contributed by atoms with Gasteiger partial charge in [0.2, 0.25) is 5.82 Å². The van der Waals surface area contributed by atoms with E-state index in [9.17, 15) is 10.1 Å². The summed E-state index contributed by atoms with van der Waals surface area (Å²) in [6.07, 6.45) is 1.74. The SMILES string of the molecule is CCn1nc(C)c([N+](=O)[O-])c1NCc1cncs1. The molecular weight excluding hydrogens is 254 g/mol. The minimum atomic E-state index is -0.399. The molecule has 0 aromatic carbocycles. The van der Waals surface area contributed by atoms with Crippen molar-refractivity contribution in [2.24, 2.45) is 0 Å². The van der Waals surface area contributed by atoms with Gasteiger partial charge in [-0.15, -0.1) is 11.3 Å².